The molecule has 0 radical (unpaired) electrons. The maximum absolute atomic E-state index is 11.5. The fraction of sp³-hybridized carbons (Fsp3) is 0.0556. The van der Waals surface area contributed by atoms with Crippen molar-refractivity contribution in [3.63, 3.8) is 0 Å². The van der Waals surface area contributed by atoms with E-state index in [-0.39, 0.29) is 11.1 Å². The summed E-state index contributed by atoms with van der Waals surface area (Å²) in [7, 11) is 0. The van der Waals surface area contributed by atoms with Gasteiger partial charge in [0.15, 0.2) is 23.0 Å². The molecule has 1 aliphatic heterocycles. The van der Waals surface area contributed by atoms with Crippen LogP contribution in [0.4, 0.5) is 0 Å². The molecular formula is C18H8N2O4. The Labute approximate surface area is 135 Å². The van der Waals surface area contributed by atoms with Crippen LogP contribution in [0.3, 0.4) is 0 Å². The Morgan fingerprint density at radius 3 is 1.96 bits per heavy atom. The quantitative estimate of drug-likeness (QED) is 0.458. The normalized spacial score (nSPS) is 11.5. The first-order valence-corrected chi connectivity index (χ1v) is 7.01. The standard InChI is InChI=1S/C18H8N2O4/c1-9-2-18(21)24-13-6-17-16(5-12(9)13)22-14-3-10(7-19)11(8-20)4-15(14)23-17/h2-6H,1H3. The highest BCUT2D eigenvalue weighted by Crippen LogP contribution is 2.47. The minimum Gasteiger partial charge on any atom is -0.449 e. The van der Waals surface area contributed by atoms with Crippen LogP contribution in [0.1, 0.15) is 16.7 Å². The van der Waals surface area contributed by atoms with E-state index in [1.807, 2.05) is 12.1 Å². The third kappa shape index (κ3) is 1.98. The topological polar surface area (TPSA) is 96.2 Å². The van der Waals surface area contributed by atoms with Crippen LogP contribution >= 0.6 is 0 Å². The van der Waals surface area contributed by atoms with E-state index in [4.69, 9.17) is 24.4 Å². The van der Waals surface area contributed by atoms with Crippen LogP contribution in [0.25, 0.3) is 11.0 Å². The van der Waals surface area contributed by atoms with Crippen molar-refractivity contribution in [3.05, 3.63) is 57.4 Å². The molecule has 114 valence electrons. The number of hydrogen-bond donors (Lipinski definition) is 0. The highest BCUT2D eigenvalue weighted by molar-refractivity contribution is 5.84. The summed E-state index contributed by atoms with van der Waals surface area (Å²) in [5.74, 6) is 1.50. The third-order valence-corrected chi connectivity index (χ3v) is 3.78. The summed E-state index contributed by atoms with van der Waals surface area (Å²) in [5.41, 5.74) is 1.12. The first kappa shape index (κ1) is 13.9. The molecule has 0 fully saturated rings. The lowest BCUT2D eigenvalue weighted by atomic mass is 10.1. The van der Waals surface area contributed by atoms with Gasteiger partial charge in [0.05, 0.1) is 11.1 Å². The van der Waals surface area contributed by atoms with Crippen LogP contribution in [0.2, 0.25) is 0 Å². The highest BCUT2D eigenvalue weighted by atomic mass is 16.6. The Bertz CT molecular complexity index is 1160. The average molecular weight is 316 g/mol. The van der Waals surface area contributed by atoms with Crippen LogP contribution in [-0.2, 0) is 0 Å². The highest BCUT2D eigenvalue weighted by Gasteiger charge is 2.23. The van der Waals surface area contributed by atoms with E-state index >= 15 is 0 Å². The lowest BCUT2D eigenvalue weighted by Gasteiger charge is -2.21. The Balaban J connectivity index is 1.91. The van der Waals surface area contributed by atoms with E-state index in [0.717, 1.165) is 10.9 Å². The summed E-state index contributed by atoms with van der Waals surface area (Å²) in [6.07, 6.45) is 0. The second-order valence-corrected chi connectivity index (χ2v) is 5.32. The number of nitrogens with zero attached hydrogens (tertiary/aromatic N) is 2. The first-order valence-electron chi connectivity index (χ1n) is 7.01. The molecule has 3 aromatic rings. The van der Waals surface area contributed by atoms with E-state index in [1.165, 1.54) is 18.2 Å². The van der Waals surface area contributed by atoms with Gasteiger partial charge in [-0.15, -0.1) is 0 Å². The van der Waals surface area contributed by atoms with Gasteiger partial charge in [-0.3, -0.25) is 0 Å². The summed E-state index contributed by atoms with van der Waals surface area (Å²) in [4.78, 5) is 11.5. The van der Waals surface area contributed by atoms with Gasteiger partial charge in [-0.2, -0.15) is 10.5 Å². The van der Waals surface area contributed by atoms with Crippen molar-refractivity contribution < 1.29 is 13.9 Å². The zero-order chi connectivity index (χ0) is 16.8. The van der Waals surface area contributed by atoms with Gasteiger partial charge >= 0.3 is 5.63 Å². The zero-order valence-corrected chi connectivity index (χ0v) is 12.4. The molecule has 24 heavy (non-hydrogen) atoms. The lowest BCUT2D eigenvalue weighted by molar-refractivity contribution is 0.359. The zero-order valence-electron chi connectivity index (χ0n) is 12.4. The molecule has 6 heteroatoms. The van der Waals surface area contributed by atoms with Crippen molar-refractivity contribution in [1.82, 2.24) is 0 Å². The molecule has 0 amide bonds. The van der Waals surface area contributed by atoms with Crippen LogP contribution in [0.15, 0.2) is 39.5 Å². The fourth-order valence-corrected chi connectivity index (χ4v) is 2.63. The van der Waals surface area contributed by atoms with Crippen molar-refractivity contribution in [2.24, 2.45) is 0 Å². The number of rotatable bonds is 0. The molecule has 0 spiro atoms. The number of hydrogen-bond acceptors (Lipinski definition) is 6. The number of aryl methyl sites for hydroxylation is 1. The molecule has 0 saturated heterocycles. The van der Waals surface area contributed by atoms with Gasteiger partial charge in [0.25, 0.3) is 0 Å². The van der Waals surface area contributed by atoms with Crippen LogP contribution < -0.4 is 15.1 Å². The van der Waals surface area contributed by atoms with Gasteiger partial charge in [0.2, 0.25) is 0 Å². The van der Waals surface area contributed by atoms with E-state index in [0.29, 0.717) is 28.6 Å². The Morgan fingerprint density at radius 1 is 0.833 bits per heavy atom. The van der Waals surface area contributed by atoms with Gasteiger partial charge in [-0.25, -0.2) is 4.79 Å². The maximum Gasteiger partial charge on any atom is 0.336 e. The van der Waals surface area contributed by atoms with Crippen molar-refractivity contribution in [2.45, 2.75) is 6.92 Å². The van der Waals surface area contributed by atoms with Crippen LogP contribution in [0.5, 0.6) is 23.0 Å². The third-order valence-electron chi connectivity index (χ3n) is 3.78. The molecule has 0 aliphatic carbocycles. The van der Waals surface area contributed by atoms with Crippen LogP contribution in [0, 0.1) is 29.6 Å². The fourth-order valence-electron chi connectivity index (χ4n) is 2.63. The Hall–Kier alpha value is -3.77. The molecule has 2 aromatic carbocycles. The molecule has 6 nitrogen and oxygen atoms in total. The number of ether oxygens (including phenoxy) is 2. The van der Waals surface area contributed by atoms with Gasteiger partial charge < -0.3 is 13.9 Å². The van der Waals surface area contributed by atoms with Gasteiger partial charge in [0, 0.05) is 29.7 Å². The second-order valence-electron chi connectivity index (χ2n) is 5.32. The summed E-state index contributed by atoms with van der Waals surface area (Å²) in [6.45, 7) is 1.80. The maximum atomic E-state index is 11.5. The molecule has 2 heterocycles. The van der Waals surface area contributed by atoms with E-state index in [9.17, 15) is 4.79 Å². The second kappa shape index (κ2) is 4.87. The molecule has 0 atom stereocenters. The van der Waals surface area contributed by atoms with E-state index in [2.05, 4.69) is 0 Å². The molecule has 1 aromatic heterocycles. The minimum absolute atomic E-state index is 0.200. The monoisotopic (exact) mass is 316 g/mol. The predicted molar refractivity (Wildman–Crippen MR) is 83.2 cm³/mol. The Kier molecular flexibility index (Phi) is 2.81. The van der Waals surface area contributed by atoms with Crippen molar-refractivity contribution >= 4 is 11.0 Å². The minimum atomic E-state index is -0.442. The van der Waals surface area contributed by atoms with Crippen LogP contribution in [-0.4, -0.2) is 0 Å². The summed E-state index contributed by atoms with van der Waals surface area (Å²) in [5, 5.41) is 18.9. The molecule has 1 aliphatic rings. The van der Waals surface area contributed by atoms with E-state index < -0.39 is 5.63 Å². The SMILES string of the molecule is Cc1cc(=O)oc2cc3c(cc12)Oc1cc(C#N)c(C#N)cc1O3. The number of nitriles is 2. The average Bonchev–Trinajstić information content (AvgIpc) is 2.57. The molecule has 4 rings (SSSR count). The molecule has 0 saturated carbocycles. The molecular weight excluding hydrogens is 308 g/mol. The van der Waals surface area contributed by atoms with Gasteiger partial charge in [-0.05, 0) is 18.6 Å². The van der Waals surface area contributed by atoms with Gasteiger partial charge in [-0.1, -0.05) is 0 Å². The van der Waals surface area contributed by atoms with E-state index in [1.54, 1.807) is 19.1 Å². The van der Waals surface area contributed by atoms with Crippen molar-refractivity contribution in [3.8, 4) is 35.1 Å². The number of fused-ring (bicyclic) bond motifs is 3. The number of benzene rings is 2. The first-order chi connectivity index (χ1) is 11.6. The smallest absolute Gasteiger partial charge is 0.336 e. The Morgan fingerprint density at radius 2 is 1.38 bits per heavy atom. The molecule has 0 N–H and O–H groups in total. The predicted octanol–water partition coefficient (Wildman–Crippen LogP) is 3.74. The lowest BCUT2D eigenvalue weighted by Crippen LogP contribution is -2.03. The van der Waals surface area contributed by atoms with Crippen molar-refractivity contribution in [2.75, 3.05) is 0 Å². The molecule has 0 unspecified atom stereocenters. The summed E-state index contributed by atoms with van der Waals surface area (Å²) < 4.78 is 16.8. The largest absolute Gasteiger partial charge is 0.449 e. The summed E-state index contributed by atoms with van der Waals surface area (Å²) >= 11 is 0. The van der Waals surface area contributed by atoms with Gasteiger partial charge in [0.1, 0.15) is 17.7 Å². The van der Waals surface area contributed by atoms with Crippen molar-refractivity contribution in [1.29, 1.82) is 10.5 Å². The molecule has 0 bridgehead atoms. The summed E-state index contributed by atoms with van der Waals surface area (Å²) in [6, 6.07) is 11.5.